The van der Waals surface area contributed by atoms with Gasteiger partial charge in [0.05, 0.1) is 17.9 Å². The van der Waals surface area contributed by atoms with Gasteiger partial charge in [-0.2, -0.15) is 5.10 Å². The molecular formula is C17H27N3O6. The molecule has 0 saturated carbocycles. The van der Waals surface area contributed by atoms with Crippen LogP contribution in [-0.4, -0.2) is 67.5 Å². The Balaban J connectivity index is 0.00000105. The van der Waals surface area contributed by atoms with Crippen molar-refractivity contribution in [3.05, 3.63) is 17.5 Å². The molecule has 9 nitrogen and oxygen atoms in total. The number of piperidine rings is 1. The maximum atomic E-state index is 12.8. The number of likely N-dealkylation sites (tertiary alicyclic amines) is 1. The molecule has 2 rings (SSSR count). The zero-order valence-corrected chi connectivity index (χ0v) is 15.4. The van der Waals surface area contributed by atoms with E-state index in [4.69, 9.17) is 9.90 Å². The molecule has 9 heteroatoms. The standard InChI is InChI=1S/C16H25N3O4.CH2O2/c1-4-7-16(15(22)23)10-18(8-6-13(16)20)14(21)12-9-17-19(5-2)11(12)3;2-1-3/h9,13,20H,4-8,10H2,1-3H3,(H,22,23);1H,(H,2,3)/t13-,16+;/m0./s1. The predicted molar refractivity (Wildman–Crippen MR) is 92.8 cm³/mol. The summed E-state index contributed by atoms with van der Waals surface area (Å²) in [6.45, 7) is 6.48. The molecule has 1 aliphatic heterocycles. The first-order valence-electron chi connectivity index (χ1n) is 8.59. The Kier molecular flexibility index (Phi) is 7.76. The van der Waals surface area contributed by atoms with Crippen LogP contribution in [0.1, 0.15) is 49.2 Å². The number of rotatable bonds is 5. The van der Waals surface area contributed by atoms with Gasteiger partial charge >= 0.3 is 5.97 Å². The van der Waals surface area contributed by atoms with Gasteiger partial charge in [-0.1, -0.05) is 13.3 Å². The largest absolute Gasteiger partial charge is 0.483 e. The first kappa shape index (κ1) is 21.6. The van der Waals surface area contributed by atoms with E-state index in [0.717, 1.165) is 5.69 Å². The topological polar surface area (TPSA) is 133 Å². The number of hydrogen-bond donors (Lipinski definition) is 3. The number of carboxylic acids is 1. The molecule has 3 N–H and O–H groups in total. The Morgan fingerprint density at radius 1 is 1.42 bits per heavy atom. The number of aliphatic hydroxyl groups is 1. The van der Waals surface area contributed by atoms with Crippen molar-refractivity contribution in [3.63, 3.8) is 0 Å². The third kappa shape index (κ3) is 4.21. The number of nitrogens with zero attached hydrogens (tertiary/aromatic N) is 3. The van der Waals surface area contributed by atoms with Crippen LogP contribution in [0.15, 0.2) is 6.20 Å². The molecule has 0 bridgehead atoms. The lowest BCUT2D eigenvalue weighted by Crippen LogP contribution is -2.57. The lowest BCUT2D eigenvalue weighted by Gasteiger charge is -2.43. The van der Waals surface area contributed by atoms with Crippen molar-refractivity contribution < 1.29 is 29.7 Å². The van der Waals surface area contributed by atoms with Crippen LogP contribution in [0.5, 0.6) is 0 Å². The minimum absolute atomic E-state index is 0.0346. The summed E-state index contributed by atoms with van der Waals surface area (Å²) in [6, 6.07) is 0. The van der Waals surface area contributed by atoms with Crippen LogP contribution < -0.4 is 0 Å². The van der Waals surface area contributed by atoms with E-state index in [9.17, 15) is 19.8 Å². The van der Waals surface area contributed by atoms with Gasteiger partial charge in [0.2, 0.25) is 0 Å². The Bertz CT molecular complexity index is 644. The highest BCUT2D eigenvalue weighted by Crippen LogP contribution is 2.36. The zero-order chi connectivity index (χ0) is 19.9. The van der Waals surface area contributed by atoms with Crippen LogP contribution >= 0.6 is 0 Å². The third-order valence-corrected chi connectivity index (χ3v) is 4.83. The average Bonchev–Trinajstić information content (AvgIpc) is 2.97. The minimum atomic E-state index is -1.28. The van der Waals surface area contributed by atoms with Gasteiger partial charge in [-0.15, -0.1) is 0 Å². The fourth-order valence-electron chi connectivity index (χ4n) is 3.41. The number of aliphatic carboxylic acids is 1. The smallest absolute Gasteiger partial charge is 0.314 e. The lowest BCUT2D eigenvalue weighted by atomic mass is 9.74. The molecule has 1 amide bonds. The second-order valence-corrected chi connectivity index (χ2v) is 6.31. The van der Waals surface area contributed by atoms with Gasteiger partial charge in [-0.05, 0) is 26.7 Å². The molecule has 1 fully saturated rings. The molecule has 1 aromatic heterocycles. The van der Waals surface area contributed by atoms with Crippen molar-refractivity contribution in [2.45, 2.75) is 52.7 Å². The summed E-state index contributed by atoms with van der Waals surface area (Å²) in [5, 5.41) is 31.0. The molecule has 0 aromatic carbocycles. The average molecular weight is 369 g/mol. The first-order valence-corrected chi connectivity index (χ1v) is 8.59. The van der Waals surface area contributed by atoms with E-state index >= 15 is 0 Å². The molecule has 146 valence electrons. The summed E-state index contributed by atoms with van der Waals surface area (Å²) in [6.07, 6.45) is 1.87. The number of carbonyl (C=O) groups excluding carboxylic acids is 1. The summed E-state index contributed by atoms with van der Waals surface area (Å²) in [5.74, 6) is -1.25. The number of amides is 1. The maximum Gasteiger partial charge on any atom is 0.314 e. The molecular weight excluding hydrogens is 342 g/mol. The van der Waals surface area contributed by atoms with E-state index in [1.54, 1.807) is 9.58 Å². The molecule has 0 radical (unpaired) electrons. The summed E-state index contributed by atoms with van der Waals surface area (Å²) >= 11 is 0. The number of hydrogen-bond acceptors (Lipinski definition) is 5. The third-order valence-electron chi connectivity index (χ3n) is 4.83. The highest BCUT2D eigenvalue weighted by atomic mass is 16.4. The van der Waals surface area contributed by atoms with Crippen LogP contribution in [-0.2, 0) is 16.1 Å². The SMILES string of the molecule is CCC[C@@]1(C(=O)O)CN(C(=O)c2cnn(CC)c2C)CC[C@@H]1O.O=CO. The van der Waals surface area contributed by atoms with E-state index in [2.05, 4.69) is 5.10 Å². The van der Waals surface area contributed by atoms with Crippen molar-refractivity contribution in [3.8, 4) is 0 Å². The van der Waals surface area contributed by atoms with Crippen LogP contribution in [0.3, 0.4) is 0 Å². The van der Waals surface area contributed by atoms with E-state index in [-0.39, 0.29) is 25.3 Å². The van der Waals surface area contributed by atoms with Crippen molar-refractivity contribution in [1.82, 2.24) is 14.7 Å². The highest BCUT2D eigenvalue weighted by molar-refractivity contribution is 5.95. The fraction of sp³-hybridized carbons (Fsp3) is 0.647. The van der Waals surface area contributed by atoms with Gasteiger partial charge in [0, 0.05) is 25.3 Å². The van der Waals surface area contributed by atoms with Gasteiger partial charge in [0.1, 0.15) is 5.41 Å². The Labute approximate surface area is 152 Å². The number of carbonyl (C=O) groups is 3. The molecule has 0 spiro atoms. The van der Waals surface area contributed by atoms with Gasteiger partial charge in [0.15, 0.2) is 0 Å². The van der Waals surface area contributed by atoms with Gasteiger partial charge < -0.3 is 20.2 Å². The van der Waals surface area contributed by atoms with Crippen LogP contribution in [0, 0.1) is 12.3 Å². The fourth-order valence-corrected chi connectivity index (χ4v) is 3.41. The molecule has 0 unspecified atom stereocenters. The van der Waals surface area contributed by atoms with E-state index in [0.29, 0.717) is 31.5 Å². The first-order chi connectivity index (χ1) is 12.3. The van der Waals surface area contributed by atoms with Gasteiger partial charge in [-0.25, -0.2) is 0 Å². The Morgan fingerprint density at radius 3 is 2.50 bits per heavy atom. The number of carboxylic acid groups (broad SMARTS) is 2. The second-order valence-electron chi connectivity index (χ2n) is 6.31. The number of aryl methyl sites for hydroxylation is 1. The monoisotopic (exact) mass is 369 g/mol. The Hall–Kier alpha value is -2.42. The van der Waals surface area contributed by atoms with E-state index in [1.807, 2.05) is 20.8 Å². The summed E-state index contributed by atoms with van der Waals surface area (Å²) in [7, 11) is 0. The number of aromatic nitrogens is 2. The molecule has 2 heterocycles. The van der Waals surface area contributed by atoms with Crippen LogP contribution in [0.25, 0.3) is 0 Å². The van der Waals surface area contributed by atoms with Crippen molar-refractivity contribution in [1.29, 1.82) is 0 Å². The molecule has 2 atom stereocenters. The maximum absolute atomic E-state index is 12.8. The molecule has 26 heavy (non-hydrogen) atoms. The summed E-state index contributed by atoms with van der Waals surface area (Å²) < 4.78 is 1.74. The number of aliphatic hydroxyl groups excluding tert-OH is 1. The lowest BCUT2D eigenvalue weighted by molar-refractivity contribution is -0.162. The van der Waals surface area contributed by atoms with Gasteiger partial charge in [-0.3, -0.25) is 19.1 Å². The quantitative estimate of drug-likeness (QED) is 0.659. The molecule has 1 saturated heterocycles. The van der Waals surface area contributed by atoms with Crippen molar-refractivity contribution >= 4 is 18.3 Å². The molecule has 1 aliphatic rings. The van der Waals surface area contributed by atoms with Crippen LogP contribution in [0.2, 0.25) is 0 Å². The van der Waals surface area contributed by atoms with Crippen molar-refractivity contribution in [2.24, 2.45) is 5.41 Å². The zero-order valence-electron chi connectivity index (χ0n) is 15.4. The summed E-state index contributed by atoms with van der Waals surface area (Å²) in [4.78, 5) is 34.5. The highest BCUT2D eigenvalue weighted by Gasteiger charge is 2.49. The predicted octanol–water partition coefficient (Wildman–Crippen LogP) is 0.990. The Morgan fingerprint density at radius 2 is 2.04 bits per heavy atom. The van der Waals surface area contributed by atoms with Crippen LogP contribution in [0.4, 0.5) is 0 Å². The van der Waals surface area contributed by atoms with E-state index < -0.39 is 17.5 Å². The van der Waals surface area contributed by atoms with Crippen molar-refractivity contribution in [2.75, 3.05) is 13.1 Å². The second kappa shape index (κ2) is 9.33. The normalized spacial score (nSPS) is 22.3. The summed E-state index contributed by atoms with van der Waals surface area (Å²) in [5.41, 5.74) is -0.00353. The van der Waals surface area contributed by atoms with E-state index in [1.165, 1.54) is 6.20 Å². The van der Waals surface area contributed by atoms with Gasteiger partial charge in [0.25, 0.3) is 12.4 Å². The molecule has 1 aromatic rings. The molecule has 0 aliphatic carbocycles. The minimum Gasteiger partial charge on any atom is -0.483 e.